The molecule has 1 fully saturated rings. The Morgan fingerprint density at radius 3 is 2.56 bits per heavy atom. The summed E-state index contributed by atoms with van der Waals surface area (Å²) in [7, 11) is 1.70. The number of likely N-dealkylation sites (N-methyl/N-ethyl adjacent to an activating group) is 1. The number of hydrogen-bond acceptors (Lipinski definition) is 3. The molecule has 0 aliphatic heterocycles. The zero-order valence-electron chi connectivity index (χ0n) is 15.7. The predicted octanol–water partition coefficient (Wildman–Crippen LogP) is 4.06. The minimum Gasteiger partial charge on any atom is -0.336 e. The van der Waals surface area contributed by atoms with E-state index >= 15 is 0 Å². The van der Waals surface area contributed by atoms with Crippen LogP contribution in [0.1, 0.15) is 36.9 Å². The highest BCUT2D eigenvalue weighted by Crippen LogP contribution is 2.43. The molecule has 0 saturated heterocycles. The van der Waals surface area contributed by atoms with E-state index in [1.807, 2.05) is 43.3 Å². The van der Waals surface area contributed by atoms with Gasteiger partial charge in [-0.3, -0.25) is 9.59 Å². The van der Waals surface area contributed by atoms with E-state index in [1.54, 1.807) is 13.1 Å². The fraction of sp³-hybridized carbons (Fsp3) is 0.381. The van der Waals surface area contributed by atoms with Gasteiger partial charge >= 0.3 is 0 Å². The zero-order chi connectivity index (χ0) is 19.4. The monoisotopic (exact) mass is 429 g/mol. The molecule has 1 aromatic heterocycles. The van der Waals surface area contributed by atoms with Crippen molar-refractivity contribution < 1.29 is 9.59 Å². The van der Waals surface area contributed by atoms with E-state index in [2.05, 4.69) is 26.2 Å². The van der Waals surface area contributed by atoms with Gasteiger partial charge in [-0.25, -0.2) is 4.98 Å². The van der Waals surface area contributed by atoms with Crippen LogP contribution in [0.15, 0.2) is 46.9 Å². The summed E-state index contributed by atoms with van der Waals surface area (Å²) in [6, 6.07) is 13.4. The fourth-order valence-corrected chi connectivity index (χ4v) is 4.24. The molecule has 1 aliphatic carbocycles. The number of pyridine rings is 1. The number of rotatable bonds is 5. The SMILES string of the molecule is Cc1cccc(NC(=O)CN(C)C(=O)C2(c3cccc(Br)c3)CCCC2)n1. The second-order valence-corrected chi connectivity index (χ2v) is 8.09. The van der Waals surface area contributed by atoms with Gasteiger partial charge in [0.2, 0.25) is 11.8 Å². The second-order valence-electron chi connectivity index (χ2n) is 7.17. The number of nitrogens with one attached hydrogen (secondary N) is 1. The molecule has 1 aliphatic rings. The van der Waals surface area contributed by atoms with Crippen LogP contribution in [0.25, 0.3) is 0 Å². The standard InChI is InChI=1S/C21H24BrN3O2/c1-15-7-5-10-18(23-15)24-19(26)14-25(2)20(27)21(11-3-4-12-21)16-8-6-9-17(22)13-16/h5-10,13H,3-4,11-12,14H2,1-2H3,(H,23,24,26). The lowest BCUT2D eigenvalue weighted by Gasteiger charge is -2.32. The third-order valence-electron chi connectivity index (χ3n) is 5.13. The van der Waals surface area contributed by atoms with Gasteiger partial charge < -0.3 is 10.2 Å². The van der Waals surface area contributed by atoms with Gasteiger partial charge in [-0.15, -0.1) is 0 Å². The van der Waals surface area contributed by atoms with Gasteiger partial charge in [-0.05, 0) is 49.6 Å². The van der Waals surface area contributed by atoms with Crippen molar-refractivity contribution in [2.45, 2.75) is 38.0 Å². The molecule has 1 saturated carbocycles. The first-order valence-electron chi connectivity index (χ1n) is 9.16. The van der Waals surface area contributed by atoms with E-state index < -0.39 is 5.41 Å². The average molecular weight is 430 g/mol. The van der Waals surface area contributed by atoms with Crippen molar-refractivity contribution in [1.29, 1.82) is 0 Å². The number of carbonyl (C=O) groups is 2. The molecule has 0 radical (unpaired) electrons. The largest absolute Gasteiger partial charge is 0.336 e. The van der Waals surface area contributed by atoms with Crippen LogP contribution in [0.3, 0.4) is 0 Å². The number of anilines is 1. The van der Waals surface area contributed by atoms with E-state index in [4.69, 9.17) is 0 Å². The van der Waals surface area contributed by atoms with Crippen molar-refractivity contribution in [2.24, 2.45) is 0 Å². The highest BCUT2D eigenvalue weighted by molar-refractivity contribution is 9.10. The Kier molecular flexibility index (Phi) is 5.95. The molecule has 2 amide bonds. The van der Waals surface area contributed by atoms with Crippen molar-refractivity contribution in [2.75, 3.05) is 18.9 Å². The van der Waals surface area contributed by atoms with Gasteiger partial charge in [0.25, 0.3) is 0 Å². The van der Waals surface area contributed by atoms with Crippen LogP contribution in [0.5, 0.6) is 0 Å². The highest BCUT2D eigenvalue weighted by Gasteiger charge is 2.44. The summed E-state index contributed by atoms with van der Waals surface area (Å²) in [5.74, 6) is 0.264. The summed E-state index contributed by atoms with van der Waals surface area (Å²) in [5, 5.41) is 2.77. The third kappa shape index (κ3) is 4.38. The minimum absolute atomic E-state index is 0.00418. The molecule has 0 unspecified atom stereocenters. The normalized spacial score (nSPS) is 15.4. The first-order chi connectivity index (χ1) is 12.9. The summed E-state index contributed by atoms with van der Waals surface area (Å²) in [6.45, 7) is 1.87. The molecule has 3 rings (SSSR count). The van der Waals surface area contributed by atoms with Crippen LogP contribution in [0, 0.1) is 6.92 Å². The predicted molar refractivity (Wildman–Crippen MR) is 110 cm³/mol. The van der Waals surface area contributed by atoms with Crippen molar-refractivity contribution >= 4 is 33.6 Å². The highest BCUT2D eigenvalue weighted by atomic mass is 79.9. The van der Waals surface area contributed by atoms with Crippen LogP contribution >= 0.6 is 15.9 Å². The molecule has 1 N–H and O–H groups in total. The lowest BCUT2D eigenvalue weighted by molar-refractivity contribution is -0.138. The van der Waals surface area contributed by atoms with Crippen LogP contribution in [0.2, 0.25) is 0 Å². The summed E-state index contributed by atoms with van der Waals surface area (Å²) in [5.41, 5.74) is 1.31. The van der Waals surface area contributed by atoms with E-state index in [-0.39, 0.29) is 18.4 Å². The number of aromatic nitrogens is 1. The van der Waals surface area contributed by atoms with Crippen molar-refractivity contribution in [3.05, 3.63) is 58.2 Å². The first-order valence-corrected chi connectivity index (χ1v) is 9.95. The van der Waals surface area contributed by atoms with Crippen molar-refractivity contribution in [3.8, 4) is 0 Å². The lowest BCUT2D eigenvalue weighted by Crippen LogP contribution is -2.46. The van der Waals surface area contributed by atoms with Crippen LogP contribution in [-0.2, 0) is 15.0 Å². The maximum absolute atomic E-state index is 13.3. The molecule has 6 heteroatoms. The molecule has 0 atom stereocenters. The van der Waals surface area contributed by atoms with E-state index in [1.165, 1.54) is 4.90 Å². The number of benzene rings is 1. The molecule has 27 heavy (non-hydrogen) atoms. The second kappa shape index (κ2) is 8.21. The van der Waals surface area contributed by atoms with Gasteiger partial charge in [0, 0.05) is 17.2 Å². The molecular formula is C21H24BrN3O2. The molecule has 1 heterocycles. The van der Waals surface area contributed by atoms with Gasteiger partial charge in [0.1, 0.15) is 5.82 Å². The average Bonchev–Trinajstić information content (AvgIpc) is 3.12. The smallest absolute Gasteiger partial charge is 0.245 e. The van der Waals surface area contributed by atoms with Gasteiger partial charge in [-0.1, -0.05) is 47.0 Å². The summed E-state index contributed by atoms with van der Waals surface area (Å²) in [4.78, 5) is 31.5. The van der Waals surface area contributed by atoms with Crippen LogP contribution in [-0.4, -0.2) is 35.3 Å². The van der Waals surface area contributed by atoms with Gasteiger partial charge in [0.05, 0.1) is 12.0 Å². The Balaban J connectivity index is 1.73. The molecule has 0 spiro atoms. The summed E-state index contributed by atoms with van der Waals surface area (Å²) in [6.07, 6.45) is 3.67. The number of halogens is 1. The quantitative estimate of drug-likeness (QED) is 0.778. The summed E-state index contributed by atoms with van der Waals surface area (Å²) >= 11 is 3.51. The lowest BCUT2D eigenvalue weighted by atomic mass is 9.77. The number of hydrogen-bond donors (Lipinski definition) is 1. The number of amides is 2. The van der Waals surface area contributed by atoms with Gasteiger partial charge in [0.15, 0.2) is 0 Å². The van der Waals surface area contributed by atoms with Crippen molar-refractivity contribution in [3.63, 3.8) is 0 Å². The van der Waals surface area contributed by atoms with E-state index in [9.17, 15) is 9.59 Å². The molecule has 0 bridgehead atoms. The minimum atomic E-state index is -0.541. The van der Waals surface area contributed by atoms with Crippen molar-refractivity contribution in [1.82, 2.24) is 9.88 Å². The topological polar surface area (TPSA) is 62.3 Å². The molecule has 142 valence electrons. The molecule has 2 aromatic rings. The first kappa shape index (κ1) is 19.5. The zero-order valence-corrected chi connectivity index (χ0v) is 17.3. The van der Waals surface area contributed by atoms with Crippen LogP contribution < -0.4 is 5.32 Å². The molecule has 1 aromatic carbocycles. The maximum atomic E-state index is 13.3. The Bertz CT molecular complexity index is 847. The summed E-state index contributed by atoms with van der Waals surface area (Å²) < 4.78 is 0.963. The number of aryl methyl sites for hydroxylation is 1. The Labute approximate surface area is 168 Å². The fourth-order valence-electron chi connectivity index (χ4n) is 3.84. The Morgan fingerprint density at radius 2 is 1.89 bits per heavy atom. The number of carbonyl (C=O) groups excluding carboxylic acids is 2. The maximum Gasteiger partial charge on any atom is 0.245 e. The Morgan fingerprint density at radius 1 is 1.19 bits per heavy atom. The van der Waals surface area contributed by atoms with Gasteiger partial charge in [-0.2, -0.15) is 0 Å². The Hall–Kier alpha value is -2.21. The van der Waals surface area contributed by atoms with E-state index in [0.29, 0.717) is 5.82 Å². The molecule has 5 nitrogen and oxygen atoms in total. The van der Waals surface area contributed by atoms with Crippen LogP contribution in [0.4, 0.5) is 5.82 Å². The number of nitrogens with zero attached hydrogens (tertiary/aromatic N) is 2. The van der Waals surface area contributed by atoms with E-state index in [0.717, 1.165) is 41.4 Å². The molecular weight excluding hydrogens is 406 g/mol. The third-order valence-corrected chi connectivity index (χ3v) is 5.62.